The van der Waals surface area contributed by atoms with Gasteiger partial charge >= 0.3 is 5.97 Å². The first-order valence-corrected chi connectivity index (χ1v) is 5.66. The number of carboxylic acid groups (broad SMARTS) is 1. The molecule has 0 aliphatic rings. The number of carbonyl (C=O) groups excluding carboxylic acids is 3. The molecule has 0 rings (SSSR count). The van der Waals surface area contributed by atoms with Crippen LogP contribution in [0.3, 0.4) is 0 Å². The molecular weight excluding hydrogens is 262 g/mol. The first kappa shape index (κ1) is 16.2. The molecule has 1 atom stereocenters. The molecule has 0 heterocycles. The summed E-state index contributed by atoms with van der Waals surface area (Å²) in [4.78, 5) is 43.5. The van der Waals surface area contributed by atoms with Gasteiger partial charge in [0.25, 0.3) is 0 Å². The monoisotopic (exact) mass is 277 g/mol. The van der Waals surface area contributed by atoms with Gasteiger partial charge in [0, 0.05) is 0 Å². The topological polar surface area (TPSA) is 125 Å². The Morgan fingerprint density at radius 2 is 1.56 bits per heavy atom. The van der Waals surface area contributed by atoms with E-state index >= 15 is 0 Å². The summed E-state index contributed by atoms with van der Waals surface area (Å²) in [6.07, 6.45) is 0. The van der Waals surface area contributed by atoms with E-state index in [1.54, 1.807) is 0 Å². The van der Waals surface area contributed by atoms with Crippen LogP contribution in [0.4, 0.5) is 0 Å². The summed E-state index contributed by atoms with van der Waals surface area (Å²) < 4.78 is 0. The van der Waals surface area contributed by atoms with Crippen LogP contribution in [0.2, 0.25) is 0 Å². The molecule has 0 spiro atoms. The highest BCUT2D eigenvalue weighted by Gasteiger charge is 2.14. The van der Waals surface area contributed by atoms with Crippen molar-refractivity contribution in [3.8, 4) is 0 Å². The van der Waals surface area contributed by atoms with Crippen LogP contribution < -0.4 is 16.0 Å². The molecule has 4 N–H and O–H groups in total. The van der Waals surface area contributed by atoms with Crippen molar-refractivity contribution in [1.82, 2.24) is 16.0 Å². The highest BCUT2D eigenvalue weighted by Crippen LogP contribution is 1.80. The van der Waals surface area contributed by atoms with Gasteiger partial charge in [0.2, 0.25) is 17.7 Å². The minimum Gasteiger partial charge on any atom is -0.480 e. The number of rotatable bonds is 7. The van der Waals surface area contributed by atoms with Crippen LogP contribution in [0, 0.1) is 0 Å². The van der Waals surface area contributed by atoms with Gasteiger partial charge in [0.05, 0.1) is 18.8 Å². The van der Waals surface area contributed by atoms with Crippen LogP contribution >= 0.6 is 12.6 Å². The molecule has 0 fully saturated rings. The fourth-order valence-corrected chi connectivity index (χ4v) is 0.942. The molecule has 0 saturated carbocycles. The summed E-state index contributed by atoms with van der Waals surface area (Å²) in [6, 6.07) is -1.03. The van der Waals surface area contributed by atoms with Crippen molar-refractivity contribution >= 4 is 36.3 Å². The highest BCUT2D eigenvalue weighted by molar-refractivity contribution is 7.81. The summed E-state index contributed by atoms with van der Waals surface area (Å²) in [5.41, 5.74) is 0. The SMILES string of the molecule is C[C@H](NC(=O)CNC(=O)CNC(=O)CS)C(=O)O. The zero-order valence-corrected chi connectivity index (χ0v) is 10.6. The number of aliphatic carboxylic acids is 1. The summed E-state index contributed by atoms with van der Waals surface area (Å²) in [6.45, 7) is 0.684. The third-order valence-electron chi connectivity index (χ3n) is 1.78. The van der Waals surface area contributed by atoms with Crippen molar-refractivity contribution in [3.63, 3.8) is 0 Å². The molecule has 0 radical (unpaired) electrons. The van der Waals surface area contributed by atoms with Gasteiger partial charge in [-0.1, -0.05) is 0 Å². The lowest BCUT2D eigenvalue weighted by Crippen LogP contribution is -2.46. The maximum atomic E-state index is 11.2. The minimum atomic E-state index is -1.17. The largest absolute Gasteiger partial charge is 0.480 e. The predicted octanol–water partition coefficient (Wildman–Crippen LogP) is -2.26. The molecule has 0 aromatic carbocycles. The van der Waals surface area contributed by atoms with Crippen molar-refractivity contribution in [1.29, 1.82) is 0 Å². The van der Waals surface area contributed by atoms with E-state index in [0.717, 1.165) is 0 Å². The third-order valence-corrected chi connectivity index (χ3v) is 2.07. The van der Waals surface area contributed by atoms with Crippen molar-refractivity contribution in [3.05, 3.63) is 0 Å². The van der Waals surface area contributed by atoms with Gasteiger partial charge in [-0.3, -0.25) is 19.2 Å². The van der Waals surface area contributed by atoms with Crippen LogP contribution in [-0.2, 0) is 19.2 Å². The molecule has 18 heavy (non-hydrogen) atoms. The lowest BCUT2D eigenvalue weighted by atomic mass is 10.3. The Kier molecular flexibility index (Phi) is 7.52. The first-order chi connectivity index (χ1) is 8.36. The lowest BCUT2D eigenvalue weighted by Gasteiger charge is -2.10. The second-order valence-electron chi connectivity index (χ2n) is 3.34. The third kappa shape index (κ3) is 7.49. The van der Waals surface area contributed by atoms with Crippen LogP contribution in [0.5, 0.6) is 0 Å². The van der Waals surface area contributed by atoms with Gasteiger partial charge < -0.3 is 21.1 Å². The number of carbonyl (C=O) groups is 4. The van der Waals surface area contributed by atoms with E-state index in [2.05, 4.69) is 28.6 Å². The molecule has 9 heteroatoms. The Balaban J connectivity index is 3.82. The van der Waals surface area contributed by atoms with Crippen LogP contribution in [0.15, 0.2) is 0 Å². The van der Waals surface area contributed by atoms with Gasteiger partial charge in [0.1, 0.15) is 6.04 Å². The first-order valence-electron chi connectivity index (χ1n) is 5.03. The quantitative estimate of drug-likeness (QED) is 0.336. The second-order valence-corrected chi connectivity index (χ2v) is 3.66. The van der Waals surface area contributed by atoms with E-state index in [1.807, 2.05) is 0 Å². The molecule has 3 amide bonds. The Hall–Kier alpha value is -1.77. The van der Waals surface area contributed by atoms with Gasteiger partial charge in [-0.25, -0.2) is 0 Å². The summed E-state index contributed by atoms with van der Waals surface area (Å²) in [5.74, 6) is -2.79. The number of hydrogen-bond donors (Lipinski definition) is 5. The normalized spacial score (nSPS) is 11.2. The Morgan fingerprint density at radius 1 is 1.06 bits per heavy atom. The van der Waals surface area contributed by atoms with E-state index in [4.69, 9.17) is 5.11 Å². The summed E-state index contributed by atoms with van der Waals surface area (Å²) >= 11 is 3.70. The van der Waals surface area contributed by atoms with E-state index in [1.165, 1.54) is 6.92 Å². The average molecular weight is 277 g/mol. The maximum absolute atomic E-state index is 11.2. The summed E-state index contributed by atoms with van der Waals surface area (Å²) in [5, 5.41) is 15.2. The fraction of sp³-hybridized carbons (Fsp3) is 0.556. The van der Waals surface area contributed by atoms with Crippen LogP contribution in [0.1, 0.15) is 6.92 Å². The minimum absolute atomic E-state index is 0.0378. The van der Waals surface area contributed by atoms with Gasteiger partial charge in [0.15, 0.2) is 0 Å². The molecule has 102 valence electrons. The van der Waals surface area contributed by atoms with Crippen molar-refractivity contribution in [2.75, 3.05) is 18.8 Å². The molecule has 0 saturated heterocycles. The Morgan fingerprint density at radius 3 is 2.06 bits per heavy atom. The standard InChI is InChI=1S/C9H15N3O5S/c1-5(9(16)17)12-7(14)3-10-6(13)2-11-8(15)4-18/h5,18H,2-4H2,1H3,(H,10,13)(H,11,15)(H,12,14)(H,16,17)/t5-/m0/s1. The Labute approximate surface area is 109 Å². The van der Waals surface area contributed by atoms with Gasteiger partial charge in [-0.05, 0) is 6.92 Å². The number of carboxylic acids is 1. The molecular formula is C9H15N3O5S. The second kappa shape index (κ2) is 8.34. The van der Waals surface area contributed by atoms with Gasteiger partial charge in [-0.15, -0.1) is 0 Å². The molecule has 8 nitrogen and oxygen atoms in total. The fourth-order valence-electron chi connectivity index (χ4n) is 0.830. The van der Waals surface area contributed by atoms with E-state index in [0.29, 0.717) is 0 Å². The lowest BCUT2D eigenvalue weighted by molar-refractivity contribution is -0.141. The number of hydrogen-bond acceptors (Lipinski definition) is 5. The van der Waals surface area contributed by atoms with Crippen molar-refractivity contribution < 1.29 is 24.3 Å². The molecule has 0 unspecified atom stereocenters. The van der Waals surface area contributed by atoms with Crippen LogP contribution in [0.25, 0.3) is 0 Å². The average Bonchev–Trinajstić information content (AvgIpc) is 2.32. The smallest absolute Gasteiger partial charge is 0.325 e. The predicted molar refractivity (Wildman–Crippen MR) is 65.1 cm³/mol. The molecule has 0 aliphatic carbocycles. The van der Waals surface area contributed by atoms with Crippen molar-refractivity contribution in [2.45, 2.75) is 13.0 Å². The zero-order valence-electron chi connectivity index (χ0n) is 9.73. The molecule has 0 bridgehead atoms. The van der Waals surface area contributed by atoms with E-state index in [-0.39, 0.29) is 18.8 Å². The maximum Gasteiger partial charge on any atom is 0.325 e. The zero-order chi connectivity index (χ0) is 14.1. The van der Waals surface area contributed by atoms with Crippen LogP contribution in [-0.4, -0.2) is 53.7 Å². The molecule has 0 aromatic heterocycles. The molecule has 0 aliphatic heterocycles. The van der Waals surface area contributed by atoms with E-state index < -0.39 is 29.7 Å². The number of nitrogens with one attached hydrogen (secondary N) is 3. The molecule has 0 aromatic rings. The van der Waals surface area contributed by atoms with Gasteiger partial charge in [-0.2, -0.15) is 12.6 Å². The Bertz CT molecular complexity index is 347. The number of amides is 3. The van der Waals surface area contributed by atoms with Crippen molar-refractivity contribution in [2.24, 2.45) is 0 Å². The number of thiol groups is 1. The highest BCUT2D eigenvalue weighted by atomic mass is 32.1. The van der Waals surface area contributed by atoms with E-state index in [9.17, 15) is 19.2 Å². The summed E-state index contributed by atoms with van der Waals surface area (Å²) in [7, 11) is 0.